The van der Waals surface area contributed by atoms with E-state index in [4.69, 9.17) is 0 Å². The van der Waals surface area contributed by atoms with Gasteiger partial charge in [0.25, 0.3) is 0 Å². The van der Waals surface area contributed by atoms with E-state index in [1.165, 1.54) is 42.4 Å². The molecule has 0 saturated heterocycles. The average Bonchev–Trinajstić information content (AvgIpc) is 3.22. The first-order valence-corrected chi connectivity index (χ1v) is 11.6. The molecule has 0 bridgehead atoms. The summed E-state index contributed by atoms with van der Waals surface area (Å²) in [7, 11) is 0. The molecule has 2 N–H and O–H groups in total. The number of hydrogen-bond acceptors (Lipinski definition) is 2. The molecule has 1 saturated carbocycles. The second-order valence-corrected chi connectivity index (χ2v) is 9.57. The van der Waals surface area contributed by atoms with Crippen LogP contribution in [0.15, 0.2) is 48.5 Å². The maximum atomic E-state index is 13.1. The van der Waals surface area contributed by atoms with Crippen molar-refractivity contribution in [1.29, 1.82) is 0 Å². The molecule has 1 amide bonds. The molecule has 0 radical (unpaired) electrons. The summed E-state index contributed by atoms with van der Waals surface area (Å²) >= 11 is 0. The number of carbonyl (C=O) groups excluding carboxylic acids is 1. The predicted octanol–water partition coefficient (Wildman–Crippen LogP) is 6.36. The molecule has 0 aliphatic heterocycles. The minimum atomic E-state index is -0.244. The molecule has 0 aromatic heterocycles. The van der Waals surface area contributed by atoms with Crippen LogP contribution in [0.4, 0.5) is 5.69 Å². The van der Waals surface area contributed by atoms with Crippen molar-refractivity contribution in [2.24, 2.45) is 0 Å². The Morgan fingerprint density at radius 3 is 1.97 bits per heavy atom. The van der Waals surface area contributed by atoms with Gasteiger partial charge in [-0.25, -0.2) is 0 Å². The third-order valence-corrected chi connectivity index (χ3v) is 6.71. The minimum Gasteiger partial charge on any atom is -0.324 e. The molecule has 2 aromatic carbocycles. The van der Waals surface area contributed by atoms with Gasteiger partial charge < -0.3 is 10.6 Å². The predicted molar refractivity (Wildman–Crippen MR) is 127 cm³/mol. The SMILES string of the molecule is CC(NCC1(c2ccccc2)CCCC1)C(=O)Nc1c(C(C)C)cccc1C(C)C. The summed E-state index contributed by atoms with van der Waals surface area (Å²) in [6, 6.07) is 16.9. The number of rotatable bonds is 8. The summed E-state index contributed by atoms with van der Waals surface area (Å²) in [5, 5.41) is 6.84. The minimum absolute atomic E-state index is 0.0474. The average molecular weight is 407 g/mol. The van der Waals surface area contributed by atoms with Crippen molar-refractivity contribution in [3.63, 3.8) is 0 Å². The summed E-state index contributed by atoms with van der Waals surface area (Å²) in [6.45, 7) is 11.5. The molecule has 1 fully saturated rings. The van der Waals surface area contributed by atoms with Crippen molar-refractivity contribution in [2.45, 2.75) is 83.6 Å². The van der Waals surface area contributed by atoms with Crippen LogP contribution in [0.2, 0.25) is 0 Å². The normalized spacial score (nSPS) is 16.8. The highest BCUT2D eigenvalue weighted by Crippen LogP contribution is 2.40. The van der Waals surface area contributed by atoms with Crippen LogP contribution in [-0.4, -0.2) is 18.5 Å². The van der Waals surface area contributed by atoms with E-state index in [-0.39, 0.29) is 17.4 Å². The Bertz CT molecular complexity index is 809. The first-order valence-electron chi connectivity index (χ1n) is 11.6. The van der Waals surface area contributed by atoms with Crippen LogP contribution in [-0.2, 0) is 10.2 Å². The van der Waals surface area contributed by atoms with Crippen molar-refractivity contribution < 1.29 is 4.79 Å². The molecule has 2 aromatic rings. The van der Waals surface area contributed by atoms with Crippen molar-refractivity contribution in [3.05, 3.63) is 65.2 Å². The molecule has 162 valence electrons. The topological polar surface area (TPSA) is 41.1 Å². The van der Waals surface area contributed by atoms with Crippen molar-refractivity contribution >= 4 is 11.6 Å². The lowest BCUT2D eigenvalue weighted by molar-refractivity contribution is -0.117. The molecule has 0 heterocycles. The largest absolute Gasteiger partial charge is 0.324 e. The number of anilines is 1. The zero-order valence-corrected chi connectivity index (χ0v) is 19.3. The highest BCUT2D eigenvalue weighted by atomic mass is 16.2. The molecule has 3 nitrogen and oxygen atoms in total. The lowest BCUT2D eigenvalue weighted by atomic mass is 9.78. The smallest absolute Gasteiger partial charge is 0.241 e. The van der Waals surface area contributed by atoms with E-state index in [1.54, 1.807) is 0 Å². The second kappa shape index (κ2) is 9.78. The molecule has 1 aliphatic rings. The first-order chi connectivity index (χ1) is 14.3. The fourth-order valence-corrected chi connectivity index (χ4v) is 4.78. The van der Waals surface area contributed by atoms with Crippen LogP contribution in [0.5, 0.6) is 0 Å². The van der Waals surface area contributed by atoms with Gasteiger partial charge in [0.1, 0.15) is 0 Å². The van der Waals surface area contributed by atoms with Crippen LogP contribution in [0, 0.1) is 0 Å². The zero-order valence-electron chi connectivity index (χ0n) is 19.3. The van der Waals surface area contributed by atoms with Crippen molar-refractivity contribution in [2.75, 3.05) is 11.9 Å². The molecule has 30 heavy (non-hydrogen) atoms. The summed E-state index contributed by atoms with van der Waals surface area (Å²) < 4.78 is 0. The van der Waals surface area contributed by atoms with Crippen molar-refractivity contribution in [1.82, 2.24) is 5.32 Å². The maximum Gasteiger partial charge on any atom is 0.241 e. The quantitative estimate of drug-likeness (QED) is 0.535. The summed E-state index contributed by atoms with van der Waals surface area (Å²) in [5.41, 5.74) is 4.96. The van der Waals surface area contributed by atoms with Gasteiger partial charge in [-0.3, -0.25) is 4.79 Å². The van der Waals surface area contributed by atoms with Crippen LogP contribution < -0.4 is 10.6 Å². The Kier molecular flexibility index (Phi) is 7.36. The van der Waals surface area contributed by atoms with Gasteiger partial charge in [0.2, 0.25) is 5.91 Å². The first kappa shape index (κ1) is 22.6. The lowest BCUT2D eigenvalue weighted by Gasteiger charge is -2.31. The van der Waals surface area contributed by atoms with Crippen LogP contribution in [0.3, 0.4) is 0 Å². The maximum absolute atomic E-state index is 13.1. The van der Waals surface area contributed by atoms with Crippen LogP contribution in [0.1, 0.15) is 88.8 Å². The highest BCUT2D eigenvalue weighted by molar-refractivity contribution is 5.96. The van der Waals surface area contributed by atoms with Crippen LogP contribution >= 0.6 is 0 Å². The lowest BCUT2D eigenvalue weighted by Crippen LogP contribution is -2.45. The van der Waals surface area contributed by atoms with Crippen molar-refractivity contribution in [3.8, 4) is 0 Å². The van der Waals surface area contributed by atoms with E-state index in [0.29, 0.717) is 11.8 Å². The monoisotopic (exact) mass is 406 g/mol. The summed E-state index contributed by atoms with van der Waals surface area (Å²) in [4.78, 5) is 13.1. The second-order valence-electron chi connectivity index (χ2n) is 9.57. The Morgan fingerprint density at radius 2 is 1.43 bits per heavy atom. The fourth-order valence-electron chi connectivity index (χ4n) is 4.78. The number of hydrogen-bond donors (Lipinski definition) is 2. The molecule has 3 rings (SSSR count). The number of nitrogens with one attached hydrogen (secondary N) is 2. The number of carbonyl (C=O) groups is 1. The van der Waals surface area contributed by atoms with Gasteiger partial charge in [-0.2, -0.15) is 0 Å². The molecule has 1 unspecified atom stereocenters. The highest BCUT2D eigenvalue weighted by Gasteiger charge is 2.36. The van der Waals surface area contributed by atoms with E-state index in [2.05, 4.69) is 86.9 Å². The van der Waals surface area contributed by atoms with Crippen LogP contribution in [0.25, 0.3) is 0 Å². The molecular weight excluding hydrogens is 368 g/mol. The summed E-state index contributed by atoms with van der Waals surface area (Å²) in [5.74, 6) is 0.774. The van der Waals surface area contributed by atoms with Gasteiger partial charge in [0.15, 0.2) is 0 Å². The number of amides is 1. The van der Waals surface area contributed by atoms with Gasteiger partial charge in [0, 0.05) is 17.6 Å². The number of benzene rings is 2. The van der Waals surface area contributed by atoms with E-state index < -0.39 is 0 Å². The van der Waals surface area contributed by atoms with E-state index >= 15 is 0 Å². The van der Waals surface area contributed by atoms with E-state index in [0.717, 1.165) is 12.2 Å². The third-order valence-electron chi connectivity index (χ3n) is 6.71. The standard InChI is InChI=1S/C27H38N2O/c1-19(2)23-14-11-15-24(20(3)4)25(23)29-26(30)21(5)28-18-27(16-9-10-17-27)22-12-7-6-8-13-22/h6-8,11-15,19-21,28H,9-10,16-18H2,1-5H3,(H,29,30). The summed E-state index contributed by atoms with van der Waals surface area (Å²) in [6.07, 6.45) is 4.89. The van der Waals surface area contributed by atoms with Gasteiger partial charge in [-0.15, -0.1) is 0 Å². The third kappa shape index (κ3) is 4.95. The van der Waals surface area contributed by atoms with E-state index in [9.17, 15) is 4.79 Å². The molecule has 1 atom stereocenters. The Labute approximate surface area is 182 Å². The molecule has 1 aliphatic carbocycles. The Hall–Kier alpha value is -2.13. The van der Waals surface area contributed by atoms with Gasteiger partial charge in [-0.05, 0) is 48.3 Å². The number of para-hydroxylation sites is 1. The molecular formula is C27H38N2O. The Morgan fingerprint density at radius 1 is 0.867 bits per heavy atom. The van der Waals surface area contributed by atoms with Gasteiger partial charge in [0.05, 0.1) is 6.04 Å². The Balaban J connectivity index is 1.73. The fraction of sp³-hybridized carbons (Fsp3) is 0.519. The molecule has 0 spiro atoms. The van der Waals surface area contributed by atoms with Gasteiger partial charge in [-0.1, -0.05) is 89.1 Å². The van der Waals surface area contributed by atoms with Gasteiger partial charge >= 0.3 is 0 Å². The van der Waals surface area contributed by atoms with E-state index in [1.807, 2.05) is 6.92 Å². The zero-order chi connectivity index (χ0) is 21.7. The molecule has 3 heteroatoms.